The molecule has 0 saturated carbocycles. The first-order valence-electron chi connectivity index (χ1n) is 7.01. The molecule has 23 heavy (non-hydrogen) atoms. The molecule has 0 fully saturated rings. The molecule has 0 atom stereocenters. The zero-order chi connectivity index (χ0) is 16.7. The van der Waals surface area contributed by atoms with Crippen LogP contribution in [0.15, 0.2) is 36.7 Å². The first-order chi connectivity index (χ1) is 11.2. The Labute approximate surface area is 135 Å². The lowest BCUT2D eigenvalue weighted by atomic mass is 10.1. The Balaban J connectivity index is 2.05. The molecule has 0 spiro atoms. The molecular formula is C17H19NO5. The summed E-state index contributed by atoms with van der Waals surface area (Å²) in [5.41, 5.74) is 1.56. The molecule has 2 aromatic rings. The maximum absolute atomic E-state index is 12.0. The van der Waals surface area contributed by atoms with Gasteiger partial charge in [-0.1, -0.05) is 6.07 Å². The van der Waals surface area contributed by atoms with Gasteiger partial charge in [-0.15, -0.1) is 0 Å². The highest BCUT2D eigenvalue weighted by Crippen LogP contribution is 2.38. The lowest BCUT2D eigenvalue weighted by Crippen LogP contribution is -2.08. The van der Waals surface area contributed by atoms with E-state index in [1.165, 1.54) is 21.3 Å². The van der Waals surface area contributed by atoms with Crippen LogP contribution in [-0.2, 0) is 22.6 Å². The molecule has 0 aliphatic carbocycles. The normalized spacial score (nSPS) is 10.0. The predicted molar refractivity (Wildman–Crippen MR) is 83.8 cm³/mol. The van der Waals surface area contributed by atoms with Gasteiger partial charge in [0.2, 0.25) is 5.75 Å². The molecule has 0 aliphatic rings. The summed E-state index contributed by atoms with van der Waals surface area (Å²) in [7, 11) is 4.59. The lowest BCUT2D eigenvalue weighted by Gasteiger charge is -2.14. The molecule has 0 N–H and O–H groups in total. The standard InChI is InChI=1S/C17H19NO5/c1-20-14-7-13(8-15(21-2)17(14)22-3)9-16(19)23-11-12-5-4-6-18-10-12/h4-8,10H,9,11H2,1-3H3. The summed E-state index contributed by atoms with van der Waals surface area (Å²) in [5.74, 6) is 1.15. The number of rotatable bonds is 7. The van der Waals surface area contributed by atoms with Crippen LogP contribution in [0.5, 0.6) is 17.2 Å². The molecular weight excluding hydrogens is 298 g/mol. The highest BCUT2D eigenvalue weighted by molar-refractivity contribution is 5.73. The van der Waals surface area contributed by atoms with E-state index < -0.39 is 0 Å². The number of benzene rings is 1. The largest absolute Gasteiger partial charge is 0.493 e. The molecule has 0 bridgehead atoms. The van der Waals surface area contributed by atoms with Crippen molar-refractivity contribution < 1.29 is 23.7 Å². The number of esters is 1. The van der Waals surface area contributed by atoms with Gasteiger partial charge in [-0.3, -0.25) is 9.78 Å². The maximum atomic E-state index is 12.0. The molecule has 0 unspecified atom stereocenters. The SMILES string of the molecule is COc1cc(CC(=O)OCc2cccnc2)cc(OC)c1OC. The fourth-order valence-electron chi connectivity index (χ4n) is 2.10. The van der Waals surface area contributed by atoms with Gasteiger partial charge in [0.1, 0.15) is 6.61 Å². The van der Waals surface area contributed by atoms with Gasteiger partial charge < -0.3 is 18.9 Å². The number of methoxy groups -OCH3 is 3. The molecule has 122 valence electrons. The minimum atomic E-state index is -0.344. The second-order valence-electron chi connectivity index (χ2n) is 4.73. The van der Waals surface area contributed by atoms with Crippen molar-refractivity contribution in [2.24, 2.45) is 0 Å². The van der Waals surface area contributed by atoms with Crippen LogP contribution in [-0.4, -0.2) is 32.3 Å². The van der Waals surface area contributed by atoms with Crippen LogP contribution in [0.25, 0.3) is 0 Å². The van der Waals surface area contributed by atoms with Crippen molar-refractivity contribution in [2.75, 3.05) is 21.3 Å². The fraction of sp³-hybridized carbons (Fsp3) is 0.294. The molecule has 6 nitrogen and oxygen atoms in total. The van der Waals surface area contributed by atoms with Crippen LogP contribution in [0.2, 0.25) is 0 Å². The fourth-order valence-corrected chi connectivity index (χ4v) is 2.10. The van der Waals surface area contributed by atoms with E-state index >= 15 is 0 Å². The van der Waals surface area contributed by atoms with E-state index in [9.17, 15) is 4.79 Å². The van der Waals surface area contributed by atoms with Crippen LogP contribution in [0.1, 0.15) is 11.1 Å². The van der Waals surface area contributed by atoms with E-state index in [-0.39, 0.29) is 19.0 Å². The first kappa shape index (κ1) is 16.6. The number of ether oxygens (including phenoxy) is 4. The Morgan fingerprint density at radius 2 is 1.74 bits per heavy atom. The Kier molecular flexibility index (Phi) is 5.80. The minimum absolute atomic E-state index is 0.108. The minimum Gasteiger partial charge on any atom is -0.493 e. The number of pyridine rings is 1. The van der Waals surface area contributed by atoms with E-state index in [1.807, 2.05) is 6.07 Å². The molecule has 0 amide bonds. The van der Waals surface area contributed by atoms with Crippen molar-refractivity contribution >= 4 is 5.97 Å². The summed E-state index contributed by atoms with van der Waals surface area (Å²) in [6.07, 6.45) is 3.44. The van der Waals surface area contributed by atoms with E-state index in [1.54, 1.807) is 30.6 Å². The van der Waals surface area contributed by atoms with Gasteiger partial charge in [0.15, 0.2) is 11.5 Å². The van der Waals surface area contributed by atoms with Crippen molar-refractivity contribution in [3.8, 4) is 17.2 Å². The van der Waals surface area contributed by atoms with Gasteiger partial charge in [-0.05, 0) is 23.8 Å². The molecule has 6 heteroatoms. The van der Waals surface area contributed by atoms with Gasteiger partial charge in [0.05, 0.1) is 27.8 Å². The molecule has 0 radical (unpaired) electrons. The van der Waals surface area contributed by atoms with Crippen molar-refractivity contribution in [2.45, 2.75) is 13.0 Å². The first-order valence-corrected chi connectivity index (χ1v) is 7.01. The number of nitrogens with zero attached hydrogens (tertiary/aromatic N) is 1. The summed E-state index contributed by atoms with van der Waals surface area (Å²) in [6, 6.07) is 7.10. The quantitative estimate of drug-likeness (QED) is 0.731. The average molecular weight is 317 g/mol. The van der Waals surface area contributed by atoms with E-state index in [0.29, 0.717) is 17.2 Å². The van der Waals surface area contributed by atoms with Crippen molar-refractivity contribution in [3.63, 3.8) is 0 Å². The van der Waals surface area contributed by atoms with Gasteiger partial charge in [-0.25, -0.2) is 0 Å². The van der Waals surface area contributed by atoms with E-state index in [4.69, 9.17) is 18.9 Å². The number of hydrogen-bond acceptors (Lipinski definition) is 6. The summed E-state index contributed by atoms with van der Waals surface area (Å²) in [4.78, 5) is 16.0. The van der Waals surface area contributed by atoms with Crippen molar-refractivity contribution in [3.05, 3.63) is 47.8 Å². The van der Waals surface area contributed by atoms with Crippen molar-refractivity contribution in [1.29, 1.82) is 0 Å². The Bertz CT molecular complexity index is 632. The number of carbonyl (C=O) groups excluding carboxylic acids is 1. The van der Waals surface area contributed by atoms with Crippen LogP contribution in [0, 0.1) is 0 Å². The molecule has 1 aromatic heterocycles. The Morgan fingerprint density at radius 3 is 2.26 bits per heavy atom. The number of aromatic nitrogens is 1. The topological polar surface area (TPSA) is 66.9 Å². The monoisotopic (exact) mass is 317 g/mol. The summed E-state index contributed by atoms with van der Waals surface area (Å²) < 4.78 is 21.0. The molecule has 1 heterocycles. The maximum Gasteiger partial charge on any atom is 0.310 e. The summed E-state index contributed by atoms with van der Waals surface area (Å²) in [5, 5.41) is 0. The zero-order valence-corrected chi connectivity index (χ0v) is 13.4. The third-order valence-corrected chi connectivity index (χ3v) is 3.20. The number of hydrogen-bond donors (Lipinski definition) is 0. The van der Waals surface area contributed by atoms with Gasteiger partial charge in [0.25, 0.3) is 0 Å². The zero-order valence-electron chi connectivity index (χ0n) is 13.4. The predicted octanol–water partition coefficient (Wildman–Crippen LogP) is 2.39. The molecule has 2 rings (SSSR count). The summed E-state index contributed by atoms with van der Waals surface area (Å²) in [6.45, 7) is 0.192. The average Bonchev–Trinajstić information content (AvgIpc) is 2.59. The van der Waals surface area contributed by atoms with Crippen LogP contribution < -0.4 is 14.2 Å². The third-order valence-electron chi connectivity index (χ3n) is 3.20. The van der Waals surface area contributed by atoms with E-state index in [2.05, 4.69) is 4.98 Å². The van der Waals surface area contributed by atoms with Gasteiger partial charge in [0, 0.05) is 18.0 Å². The van der Waals surface area contributed by atoms with Gasteiger partial charge in [-0.2, -0.15) is 0 Å². The van der Waals surface area contributed by atoms with Crippen LogP contribution >= 0.6 is 0 Å². The smallest absolute Gasteiger partial charge is 0.310 e. The molecule has 1 aromatic carbocycles. The van der Waals surface area contributed by atoms with Crippen LogP contribution in [0.3, 0.4) is 0 Å². The Hall–Kier alpha value is -2.76. The lowest BCUT2D eigenvalue weighted by molar-refractivity contribution is -0.144. The summed E-state index contributed by atoms with van der Waals surface area (Å²) >= 11 is 0. The molecule has 0 saturated heterocycles. The third kappa shape index (κ3) is 4.35. The highest BCUT2D eigenvalue weighted by Gasteiger charge is 2.15. The van der Waals surface area contributed by atoms with E-state index in [0.717, 1.165) is 11.1 Å². The highest BCUT2D eigenvalue weighted by atomic mass is 16.5. The number of carbonyl (C=O) groups is 1. The van der Waals surface area contributed by atoms with Crippen molar-refractivity contribution in [1.82, 2.24) is 4.98 Å². The molecule has 0 aliphatic heterocycles. The second-order valence-corrected chi connectivity index (χ2v) is 4.73. The van der Waals surface area contributed by atoms with Gasteiger partial charge >= 0.3 is 5.97 Å². The Morgan fingerprint density at radius 1 is 1.04 bits per heavy atom. The van der Waals surface area contributed by atoms with Crippen LogP contribution in [0.4, 0.5) is 0 Å². The second kappa shape index (κ2) is 8.03.